The molecule has 0 saturated heterocycles. The van der Waals surface area contributed by atoms with Crippen LogP contribution >= 0.6 is 0 Å². The number of amides is 1. The Labute approximate surface area is 204 Å². The van der Waals surface area contributed by atoms with Crippen LogP contribution in [0.2, 0.25) is 0 Å². The first-order valence-corrected chi connectivity index (χ1v) is 13.1. The molecule has 2 aromatic carbocycles. The van der Waals surface area contributed by atoms with Gasteiger partial charge in [0.1, 0.15) is 5.60 Å². The highest BCUT2D eigenvalue weighted by Crippen LogP contribution is 2.28. The number of carbonyl (C=O) groups is 2. The van der Waals surface area contributed by atoms with E-state index in [4.69, 9.17) is 4.74 Å². The molecule has 186 valence electrons. The molecule has 10 heteroatoms. The van der Waals surface area contributed by atoms with Crippen molar-refractivity contribution in [1.29, 1.82) is 0 Å². The summed E-state index contributed by atoms with van der Waals surface area (Å²) >= 11 is 0. The molecule has 0 unspecified atom stereocenters. The highest BCUT2D eigenvalue weighted by molar-refractivity contribution is 7.92. The van der Waals surface area contributed by atoms with Crippen molar-refractivity contribution in [2.24, 2.45) is 5.92 Å². The number of ether oxygens (including phenoxy) is 1. The third-order valence-electron chi connectivity index (χ3n) is 5.91. The molecule has 1 amide bonds. The smallest absolute Gasteiger partial charge is 0.309 e. The van der Waals surface area contributed by atoms with Gasteiger partial charge in [-0.25, -0.2) is 8.42 Å². The number of nitrogens with zero attached hydrogens (tertiary/aromatic N) is 1. The summed E-state index contributed by atoms with van der Waals surface area (Å²) in [7, 11) is -3.83. The summed E-state index contributed by atoms with van der Waals surface area (Å²) in [5.41, 5.74) is 0.487. The monoisotopic (exact) mass is 498 g/mol. The minimum Gasteiger partial charge on any atom is -0.460 e. The fourth-order valence-electron chi connectivity index (χ4n) is 4.15. The molecule has 4 rings (SSSR count). The summed E-state index contributed by atoms with van der Waals surface area (Å²) < 4.78 is 33.4. The van der Waals surface area contributed by atoms with Gasteiger partial charge in [-0.3, -0.25) is 19.4 Å². The number of hydrogen-bond donors (Lipinski definition) is 3. The first-order valence-electron chi connectivity index (χ1n) is 11.6. The standard InChI is InChI=1S/C25H30N4O5S/c1-25(2,3)34-24(31)16-9-12-18(13-10-16)26-23(30)17-11-14-21-20(15-17)22(28-27-21)29-35(32,33)19-7-5-4-6-8-19/h4-8,11,14-16,18H,9-10,12-13H2,1-3H3,(H,26,30)(H2,27,28,29). The van der Waals surface area contributed by atoms with Gasteiger partial charge < -0.3 is 10.1 Å². The fraction of sp³-hybridized carbons (Fsp3) is 0.400. The normalized spacial score (nSPS) is 18.7. The third kappa shape index (κ3) is 6.00. The Morgan fingerprint density at radius 3 is 2.37 bits per heavy atom. The lowest BCUT2D eigenvalue weighted by Gasteiger charge is -2.30. The minimum absolute atomic E-state index is 0.0442. The van der Waals surface area contributed by atoms with Crippen LogP contribution in [0.25, 0.3) is 10.9 Å². The highest BCUT2D eigenvalue weighted by atomic mass is 32.2. The number of aromatic nitrogens is 2. The number of H-pyrrole nitrogens is 1. The molecule has 0 atom stereocenters. The van der Waals surface area contributed by atoms with E-state index in [1.54, 1.807) is 36.4 Å². The van der Waals surface area contributed by atoms with Gasteiger partial charge in [-0.15, -0.1) is 0 Å². The van der Waals surface area contributed by atoms with Crippen molar-refractivity contribution < 1.29 is 22.7 Å². The molecule has 1 aliphatic carbocycles. The van der Waals surface area contributed by atoms with E-state index in [0.29, 0.717) is 42.1 Å². The van der Waals surface area contributed by atoms with Crippen LogP contribution in [-0.2, 0) is 19.6 Å². The lowest BCUT2D eigenvalue weighted by atomic mass is 9.86. The second kappa shape index (κ2) is 9.69. The van der Waals surface area contributed by atoms with E-state index >= 15 is 0 Å². The molecule has 0 radical (unpaired) electrons. The van der Waals surface area contributed by atoms with Crippen molar-refractivity contribution in [2.45, 2.75) is 63.0 Å². The van der Waals surface area contributed by atoms with Crippen molar-refractivity contribution in [1.82, 2.24) is 15.5 Å². The van der Waals surface area contributed by atoms with Crippen LogP contribution in [-0.4, -0.2) is 42.1 Å². The molecule has 0 aliphatic heterocycles. The fourth-order valence-corrected chi connectivity index (χ4v) is 5.19. The number of aromatic amines is 1. The maximum absolute atomic E-state index is 12.9. The summed E-state index contributed by atoms with van der Waals surface area (Å²) in [6, 6.07) is 12.9. The Kier molecular flexibility index (Phi) is 6.84. The van der Waals surface area contributed by atoms with Gasteiger partial charge in [0, 0.05) is 17.0 Å². The molecule has 1 heterocycles. The van der Waals surface area contributed by atoms with Gasteiger partial charge in [-0.05, 0) is 76.8 Å². The second-order valence-corrected chi connectivity index (χ2v) is 11.5. The number of nitrogens with one attached hydrogen (secondary N) is 3. The number of anilines is 1. The average molecular weight is 499 g/mol. The van der Waals surface area contributed by atoms with E-state index in [2.05, 4.69) is 20.2 Å². The van der Waals surface area contributed by atoms with Crippen LogP contribution in [0, 0.1) is 5.92 Å². The third-order valence-corrected chi connectivity index (χ3v) is 7.27. The summed E-state index contributed by atoms with van der Waals surface area (Å²) in [5, 5.41) is 10.4. The van der Waals surface area contributed by atoms with Crippen molar-refractivity contribution in [2.75, 3.05) is 4.72 Å². The SMILES string of the molecule is CC(C)(C)OC(=O)C1CCC(NC(=O)c2ccc3[nH]nc(NS(=O)(=O)c4ccccc4)c3c2)CC1. The molecule has 0 spiro atoms. The van der Waals surface area contributed by atoms with Gasteiger partial charge in [-0.2, -0.15) is 5.10 Å². The van der Waals surface area contributed by atoms with E-state index in [1.807, 2.05) is 20.8 Å². The lowest BCUT2D eigenvalue weighted by molar-refractivity contribution is -0.161. The molecule has 1 fully saturated rings. The van der Waals surface area contributed by atoms with Gasteiger partial charge in [0.2, 0.25) is 0 Å². The van der Waals surface area contributed by atoms with E-state index in [-0.39, 0.29) is 34.5 Å². The second-order valence-electron chi connectivity index (χ2n) is 9.81. The van der Waals surface area contributed by atoms with Crippen LogP contribution < -0.4 is 10.0 Å². The molecule has 9 nitrogen and oxygen atoms in total. The van der Waals surface area contributed by atoms with Crippen molar-refractivity contribution in [3.8, 4) is 0 Å². The maximum Gasteiger partial charge on any atom is 0.309 e. The largest absolute Gasteiger partial charge is 0.460 e. The van der Waals surface area contributed by atoms with Gasteiger partial charge in [0.25, 0.3) is 15.9 Å². The number of rotatable bonds is 6. The summed E-state index contributed by atoms with van der Waals surface area (Å²) in [4.78, 5) is 25.4. The number of sulfonamides is 1. The average Bonchev–Trinajstić information content (AvgIpc) is 3.20. The van der Waals surface area contributed by atoms with Crippen LogP contribution in [0.3, 0.4) is 0 Å². The van der Waals surface area contributed by atoms with Crippen molar-refractivity contribution in [3.05, 3.63) is 54.1 Å². The Morgan fingerprint density at radius 1 is 1.03 bits per heavy atom. The van der Waals surface area contributed by atoms with Crippen molar-refractivity contribution >= 4 is 38.6 Å². The predicted octanol–water partition coefficient (Wildman–Crippen LogP) is 3.99. The molecular weight excluding hydrogens is 468 g/mol. The van der Waals surface area contributed by atoms with Gasteiger partial charge in [0.15, 0.2) is 5.82 Å². The summed E-state index contributed by atoms with van der Waals surface area (Å²) in [5.74, 6) is -0.468. The van der Waals surface area contributed by atoms with Crippen LogP contribution in [0.15, 0.2) is 53.4 Å². The van der Waals surface area contributed by atoms with Crippen molar-refractivity contribution in [3.63, 3.8) is 0 Å². The number of esters is 1. The zero-order chi connectivity index (χ0) is 25.2. The Morgan fingerprint density at radius 2 is 1.71 bits per heavy atom. The Hall–Kier alpha value is -3.40. The zero-order valence-electron chi connectivity index (χ0n) is 20.0. The molecule has 35 heavy (non-hydrogen) atoms. The predicted molar refractivity (Wildman–Crippen MR) is 132 cm³/mol. The minimum atomic E-state index is -3.83. The molecule has 1 aliphatic rings. The molecular formula is C25H30N4O5S. The quantitative estimate of drug-likeness (QED) is 0.441. The number of carbonyl (C=O) groups excluding carboxylic acids is 2. The Bertz CT molecular complexity index is 1320. The maximum atomic E-state index is 12.9. The van der Waals surface area contributed by atoms with E-state index in [9.17, 15) is 18.0 Å². The van der Waals surface area contributed by atoms with E-state index < -0.39 is 15.6 Å². The first kappa shape index (κ1) is 24.7. The van der Waals surface area contributed by atoms with Crippen LogP contribution in [0.4, 0.5) is 5.82 Å². The topological polar surface area (TPSA) is 130 Å². The first-order chi connectivity index (χ1) is 16.5. The highest BCUT2D eigenvalue weighted by Gasteiger charge is 2.30. The summed E-state index contributed by atoms with van der Waals surface area (Å²) in [6.07, 6.45) is 2.69. The molecule has 1 saturated carbocycles. The molecule has 1 aromatic heterocycles. The van der Waals surface area contributed by atoms with E-state index in [1.165, 1.54) is 12.1 Å². The van der Waals surface area contributed by atoms with Gasteiger partial charge >= 0.3 is 5.97 Å². The summed E-state index contributed by atoms with van der Waals surface area (Å²) in [6.45, 7) is 5.56. The lowest BCUT2D eigenvalue weighted by Crippen LogP contribution is -2.39. The number of benzene rings is 2. The number of hydrogen-bond acceptors (Lipinski definition) is 6. The van der Waals surface area contributed by atoms with E-state index in [0.717, 1.165) is 0 Å². The Balaban J connectivity index is 1.42. The molecule has 3 N–H and O–H groups in total. The zero-order valence-corrected chi connectivity index (χ0v) is 20.8. The van der Waals surface area contributed by atoms with Crippen LogP contribution in [0.5, 0.6) is 0 Å². The van der Waals surface area contributed by atoms with Crippen LogP contribution in [0.1, 0.15) is 56.8 Å². The van der Waals surface area contributed by atoms with Gasteiger partial charge in [-0.1, -0.05) is 18.2 Å². The number of fused-ring (bicyclic) bond motifs is 1. The molecule has 0 bridgehead atoms. The molecule has 3 aromatic rings. The van der Waals surface area contributed by atoms with Gasteiger partial charge in [0.05, 0.1) is 16.3 Å².